The molecule has 10 nitrogen and oxygen atoms in total. The van der Waals surface area contributed by atoms with Crippen LogP contribution in [0.1, 0.15) is 42.1 Å². The van der Waals surface area contributed by atoms with E-state index in [9.17, 15) is 9.59 Å². The van der Waals surface area contributed by atoms with E-state index in [1.54, 1.807) is 23.1 Å². The zero-order valence-electron chi connectivity index (χ0n) is 21.2. The van der Waals surface area contributed by atoms with Gasteiger partial charge in [-0.25, -0.2) is 9.97 Å². The first kappa shape index (κ1) is 26.0. The molecule has 200 valence electrons. The molecule has 2 amide bonds. The van der Waals surface area contributed by atoms with Crippen molar-refractivity contribution in [1.29, 1.82) is 0 Å². The first-order chi connectivity index (χ1) is 18.5. The minimum atomic E-state index is -0.370. The summed E-state index contributed by atoms with van der Waals surface area (Å²) in [6.07, 6.45) is 6.07. The molecule has 5 rings (SSSR count). The van der Waals surface area contributed by atoms with Crippen LogP contribution in [0.15, 0.2) is 43.1 Å². The summed E-state index contributed by atoms with van der Waals surface area (Å²) in [5, 5.41) is 3.35. The number of amides is 2. The first-order valence-electron chi connectivity index (χ1n) is 12.7. The lowest BCUT2D eigenvalue weighted by molar-refractivity contribution is -0.126. The number of ether oxygens (including phenoxy) is 3. The molecular formula is C27H30ClN5O5. The Morgan fingerprint density at radius 3 is 2.89 bits per heavy atom. The van der Waals surface area contributed by atoms with Gasteiger partial charge in [0, 0.05) is 37.3 Å². The molecule has 3 aromatic rings. The Morgan fingerprint density at radius 2 is 2.13 bits per heavy atom. The number of fused-ring (bicyclic) bond motifs is 1. The third kappa shape index (κ3) is 5.32. The Labute approximate surface area is 225 Å². The first-order valence-corrected chi connectivity index (χ1v) is 13.0. The van der Waals surface area contributed by atoms with Gasteiger partial charge in [-0.15, -0.1) is 0 Å². The van der Waals surface area contributed by atoms with Gasteiger partial charge < -0.3 is 23.7 Å². The fraction of sp³-hybridized carbons (Fsp3) is 0.407. The van der Waals surface area contributed by atoms with Gasteiger partial charge >= 0.3 is 0 Å². The SMILES string of the molecule is C=CC(=O)N1CCCC[C@@H](n2c(NC(=O)c3ccnc(OC)c3)nc3ccc(O[C@@H]4CCOC4)c(Cl)c32)C1. The van der Waals surface area contributed by atoms with E-state index in [1.807, 2.05) is 10.6 Å². The predicted molar refractivity (Wildman–Crippen MR) is 143 cm³/mol. The number of likely N-dealkylation sites (tertiary alicyclic amines) is 1. The lowest BCUT2D eigenvalue weighted by Gasteiger charge is -2.26. The summed E-state index contributed by atoms with van der Waals surface area (Å²) in [6.45, 7) is 5.87. The molecule has 2 aliphatic heterocycles. The predicted octanol–water partition coefficient (Wildman–Crippen LogP) is 4.25. The third-order valence-corrected chi connectivity index (χ3v) is 7.23. The minimum absolute atomic E-state index is 0.0826. The van der Waals surface area contributed by atoms with Crippen molar-refractivity contribution in [2.45, 2.75) is 37.8 Å². The number of anilines is 1. The molecule has 0 aliphatic carbocycles. The molecule has 1 aromatic carbocycles. The van der Waals surface area contributed by atoms with Crippen LogP contribution < -0.4 is 14.8 Å². The van der Waals surface area contributed by atoms with Gasteiger partial charge in [-0.1, -0.05) is 18.2 Å². The highest BCUT2D eigenvalue weighted by Crippen LogP contribution is 2.39. The van der Waals surface area contributed by atoms with Crippen molar-refractivity contribution in [3.63, 3.8) is 0 Å². The van der Waals surface area contributed by atoms with Gasteiger partial charge in [-0.3, -0.25) is 14.9 Å². The maximum Gasteiger partial charge on any atom is 0.258 e. The van der Waals surface area contributed by atoms with Crippen LogP contribution in [-0.4, -0.2) is 70.8 Å². The Hall–Kier alpha value is -3.63. The van der Waals surface area contributed by atoms with Crippen molar-refractivity contribution in [3.8, 4) is 11.6 Å². The van der Waals surface area contributed by atoms with E-state index in [0.717, 1.165) is 25.7 Å². The fourth-order valence-electron chi connectivity index (χ4n) is 4.94. The number of halogens is 1. The normalized spacial score (nSPS) is 19.7. The molecule has 0 bridgehead atoms. The molecule has 11 heteroatoms. The number of carbonyl (C=O) groups is 2. The number of aromatic nitrogens is 3. The van der Waals surface area contributed by atoms with E-state index >= 15 is 0 Å². The highest BCUT2D eigenvalue weighted by molar-refractivity contribution is 6.36. The molecule has 2 aliphatic rings. The van der Waals surface area contributed by atoms with E-state index in [-0.39, 0.29) is 24.0 Å². The number of methoxy groups -OCH3 is 1. The maximum atomic E-state index is 13.3. The monoisotopic (exact) mass is 539 g/mol. The third-order valence-electron chi connectivity index (χ3n) is 6.87. The van der Waals surface area contributed by atoms with Crippen molar-refractivity contribution < 1.29 is 23.8 Å². The number of carbonyl (C=O) groups excluding carboxylic acids is 2. The molecule has 0 saturated carbocycles. The summed E-state index contributed by atoms with van der Waals surface area (Å²) in [4.78, 5) is 36.4. The van der Waals surface area contributed by atoms with Crippen LogP contribution in [0.5, 0.6) is 11.6 Å². The number of pyridine rings is 1. The molecule has 0 radical (unpaired) electrons. The van der Waals surface area contributed by atoms with E-state index in [2.05, 4.69) is 16.9 Å². The molecule has 4 heterocycles. The van der Waals surface area contributed by atoms with Gasteiger partial charge in [0.05, 0.1) is 37.4 Å². The smallest absolute Gasteiger partial charge is 0.258 e. The minimum Gasteiger partial charge on any atom is -0.486 e. The second-order valence-corrected chi connectivity index (χ2v) is 9.71. The number of nitrogens with zero attached hydrogens (tertiary/aromatic N) is 4. The van der Waals surface area contributed by atoms with Crippen LogP contribution in [0.25, 0.3) is 11.0 Å². The molecule has 2 fully saturated rings. The Balaban J connectivity index is 1.57. The number of hydrogen-bond acceptors (Lipinski definition) is 7. The molecule has 0 spiro atoms. The average molecular weight is 540 g/mol. The quantitative estimate of drug-likeness (QED) is 0.447. The summed E-state index contributed by atoms with van der Waals surface area (Å²) in [5.74, 6) is 0.689. The largest absolute Gasteiger partial charge is 0.486 e. The van der Waals surface area contributed by atoms with Gasteiger partial charge in [0.2, 0.25) is 17.7 Å². The zero-order valence-corrected chi connectivity index (χ0v) is 21.9. The molecule has 0 unspecified atom stereocenters. The van der Waals surface area contributed by atoms with Crippen molar-refractivity contribution >= 4 is 40.4 Å². The van der Waals surface area contributed by atoms with Gasteiger partial charge in [0.25, 0.3) is 5.91 Å². The van der Waals surface area contributed by atoms with E-state index in [1.165, 1.54) is 19.4 Å². The highest BCUT2D eigenvalue weighted by Gasteiger charge is 2.29. The number of nitrogens with one attached hydrogen (secondary N) is 1. The fourth-order valence-corrected chi connectivity index (χ4v) is 5.24. The molecule has 1 N–H and O–H groups in total. The summed E-state index contributed by atoms with van der Waals surface area (Å²) < 4.78 is 18.7. The van der Waals surface area contributed by atoms with Crippen molar-refractivity contribution in [1.82, 2.24) is 19.4 Å². The van der Waals surface area contributed by atoms with Gasteiger partial charge in [0.1, 0.15) is 16.9 Å². The Morgan fingerprint density at radius 1 is 1.26 bits per heavy atom. The van der Waals surface area contributed by atoms with E-state index in [4.69, 9.17) is 30.8 Å². The lowest BCUT2D eigenvalue weighted by Crippen LogP contribution is -2.34. The van der Waals surface area contributed by atoms with Crippen molar-refractivity contribution in [2.24, 2.45) is 0 Å². The van der Waals surface area contributed by atoms with Crippen LogP contribution in [0.3, 0.4) is 0 Å². The van der Waals surface area contributed by atoms with Gasteiger partial charge in [-0.2, -0.15) is 0 Å². The molecule has 2 aromatic heterocycles. The van der Waals surface area contributed by atoms with Crippen molar-refractivity contribution in [2.75, 3.05) is 38.7 Å². The second-order valence-electron chi connectivity index (χ2n) is 9.33. The Kier molecular flexibility index (Phi) is 7.80. The van der Waals surface area contributed by atoms with Crippen LogP contribution in [-0.2, 0) is 9.53 Å². The van der Waals surface area contributed by atoms with Crippen LogP contribution in [0.4, 0.5) is 5.95 Å². The Bertz CT molecular complexity index is 1350. The highest BCUT2D eigenvalue weighted by atomic mass is 35.5. The maximum absolute atomic E-state index is 13.3. The standard InChI is InChI=1S/C27H30ClN5O5/c1-3-23(34)32-12-5-4-6-18(15-32)33-25-20(7-8-21(24(25)28)38-19-10-13-37-16-19)30-27(33)31-26(35)17-9-11-29-22(14-17)36-2/h3,7-9,11,14,18-19H,1,4-6,10,12-13,15-16H2,2H3,(H,30,31,35)/t18-,19-/m1/s1. The topological polar surface area (TPSA) is 108 Å². The van der Waals surface area contributed by atoms with Crippen LogP contribution >= 0.6 is 11.6 Å². The van der Waals surface area contributed by atoms with Crippen molar-refractivity contribution in [3.05, 3.63) is 53.7 Å². The number of imidazole rings is 1. The lowest BCUT2D eigenvalue weighted by atomic mass is 10.1. The summed E-state index contributed by atoms with van der Waals surface area (Å²) in [6, 6.07) is 6.60. The molecule has 38 heavy (non-hydrogen) atoms. The zero-order chi connectivity index (χ0) is 26.6. The summed E-state index contributed by atoms with van der Waals surface area (Å²) >= 11 is 6.96. The number of benzene rings is 1. The number of hydrogen-bond donors (Lipinski definition) is 1. The summed E-state index contributed by atoms with van der Waals surface area (Å²) in [5.41, 5.74) is 1.62. The van der Waals surface area contributed by atoms with Gasteiger partial charge in [0.15, 0.2) is 0 Å². The van der Waals surface area contributed by atoms with Crippen LogP contribution in [0, 0.1) is 0 Å². The molecule has 2 atom stereocenters. The number of rotatable bonds is 7. The molecular weight excluding hydrogens is 510 g/mol. The van der Waals surface area contributed by atoms with Gasteiger partial charge in [-0.05, 0) is 43.5 Å². The summed E-state index contributed by atoms with van der Waals surface area (Å²) in [7, 11) is 1.49. The average Bonchev–Trinajstić information content (AvgIpc) is 3.51. The second kappa shape index (κ2) is 11.4. The molecule has 2 saturated heterocycles. The van der Waals surface area contributed by atoms with E-state index < -0.39 is 0 Å². The van der Waals surface area contributed by atoms with Crippen LogP contribution in [0.2, 0.25) is 5.02 Å². The van der Waals surface area contributed by atoms with E-state index in [0.29, 0.717) is 65.5 Å².